The number of anilines is 1. The second-order valence-electron chi connectivity index (χ2n) is 8.01. The van der Waals surface area contributed by atoms with Crippen LogP contribution in [0.4, 0.5) is 5.69 Å². The lowest BCUT2D eigenvalue weighted by molar-refractivity contribution is 0.102. The molecule has 6 heteroatoms. The number of nitrogens with one attached hydrogen (secondary N) is 1. The highest BCUT2D eigenvalue weighted by Crippen LogP contribution is 2.28. The highest BCUT2D eigenvalue weighted by molar-refractivity contribution is 6.32. The van der Waals surface area contributed by atoms with E-state index in [1.807, 2.05) is 36.4 Å². The molecule has 1 amide bonds. The fourth-order valence-corrected chi connectivity index (χ4v) is 4.16. The van der Waals surface area contributed by atoms with Gasteiger partial charge in [0, 0.05) is 28.4 Å². The summed E-state index contributed by atoms with van der Waals surface area (Å²) < 4.78 is 5.83. The summed E-state index contributed by atoms with van der Waals surface area (Å²) in [5, 5.41) is 4.01. The molecule has 0 unspecified atom stereocenters. The van der Waals surface area contributed by atoms with Gasteiger partial charge in [0.15, 0.2) is 0 Å². The van der Waals surface area contributed by atoms with Crippen molar-refractivity contribution in [3.63, 3.8) is 0 Å². The molecule has 0 bridgehead atoms. The molecule has 1 fully saturated rings. The van der Waals surface area contributed by atoms with Crippen molar-refractivity contribution >= 4 is 34.8 Å². The van der Waals surface area contributed by atoms with Crippen molar-refractivity contribution in [2.45, 2.75) is 32.4 Å². The first-order valence-electron chi connectivity index (χ1n) is 10.9. The molecule has 0 aromatic heterocycles. The highest BCUT2D eigenvalue weighted by Gasteiger charge is 2.13. The minimum atomic E-state index is -0.215. The number of rotatable bonds is 7. The van der Waals surface area contributed by atoms with E-state index in [9.17, 15) is 4.79 Å². The van der Waals surface area contributed by atoms with Crippen LogP contribution >= 0.6 is 23.2 Å². The minimum absolute atomic E-state index is 0.215. The summed E-state index contributed by atoms with van der Waals surface area (Å²) in [5.41, 5.74) is 3.34. The third-order valence-electron chi connectivity index (χ3n) is 5.60. The molecule has 1 saturated heterocycles. The Kier molecular flexibility index (Phi) is 7.69. The lowest BCUT2D eigenvalue weighted by atomic mass is 10.1. The van der Waals surface area contributed by atoms with E-state index in [1.54, 1.807) is 18.2 Å². The van der Waals surface area contributed by atoms with Gasteiger partial charge in [-0.15, -0.1) is 0 Å². The Morgan fingerprint density at radius 2 is 1.66 bits per heavy atom. The van der Waals surface area contributed by atoms with Crippen molar-refractivity contribution in [3.8, 4) is 5.75 Å². The van der Waals surface area contributed by atoms with E-state index < -0.39 is 0 Å². The highest BCUT2D eigenvalue weighted by atomic mass is 35.5. The molecule has 1 aliphatic heterocycles. The Morgan fingerprint density at radius 1 is 0.906 bits per heavy atom. The number of carbonyl (C=O) groups is 1. The van der Waals surface area contributed by atoms with E-state index in [-0.39, 0.29) is 12.5 Å². The Balaban J connectivity index is 1.37. The molecule has 4 rings (SSSR count). The summed E-state index contributed by atoms with van der Waals surface area (Å²) in [6, 6.07) is 20.5. The number of nitrogens with zero attached hydrogens (tertiary/aromatic N) is 1. The SMILES string of the molecule is O=C(Nc1ccc(CN2CCCCC2)cc1)c1ccc(Cl)c(OCc2ccccc2Cl)c1. The summed E-state index contributed by atoms with van der Waals surface area (Å²) in [7, 11) is 0. The molecule has 3 aromatic carbocycles. The Hall–Kier alpha value is -2.53. The summed E-state index contributed by atoms with van der Waals surface area (Å²) in [4.78, 5) is 15.2. The smallest absolute Gasteiger partial charge is 0.255 e. The van der Waals surface area contributed by atoms with Crippen LogP contribution in [0.3, 0.4) is 0 Å². The van der Waals surface area contributed by atoms with Crippen molar-refractivity contribution in [2.24, 2.45) is 0 Å². The van der Waals surface area contributed by atoms with E-state index >= 15 is 0 Å². The lowest BCUT2D eigenvalue weighted by Gasteiger charge is -2.26. The first-order valence-corrected chi connectivity index (χ1v) is 11.6. The number of benzene rings is 3. The van der Waals surface area contributed by atoms with Crippen LogP contribution in [-0.2, 0) is 13.2 Å². The molecular formula is C26H26Cl2N2O2. The topological polar surface area (TPSA) is 41.6 Å². The molecule has 4 nitrogen and oxygen atoms in total. The largest absolute Gasteiger partial charge is 0.487 e. The third-order valence-corrected chi connectivity index (χ3v) is 6.28. The first kappa shape index (κ1) is 22.7. The number of ether oxygens (including phenoxy) is 1. The van der Waals surface area contributed by atoms with Gasteiger partial charge < -0.3 is 10.1 Å². The van der Waals surface area contributed by atoms with Crippen molar-refractivity contribution < 1.29 is 9.53 Å². The summed E-state index contributed by atoms with van der Waals surface area (Å²) in [6.07, 6.45) is 3.89. The van der Waals surface area contributed by atoms with Crippen LogP contribution in [0.25, 0.3) is 0 Å². The number of hydrogen-bond acceptors (Lipinski definition) is 3. The molecule has 0 radical (unpaired) electrons. The van der Waals surface area contributed by atoms with Gasteiger partial charge in [0.05, 0.1) is 5.02 Å². The van der Waals surface area contributed by atoms with Gasteiger partial charge in [-0.1, -0.05) is 60.0 Å². The van der Waals surface area contributed by atoms with Gasteiger partial charge >= 0.3 is 0 Å². The van der Waals surface area contributed by atoms with Crippen LogP contribution in [-0.4, -0.2) is 23.9 Å². The maximum absolute atomic E-state index is 12.8. The molecule has 166 valence electrons. The van der Waals surface area contributed by atoms with Gasteiger partial charge in [-0.2, -0.15) is 0 Å². The van der Waals surface area contributed by atoms with Crippen LogP contribution in [0.15, 0.2) is 66.7 Å². The van der Waals surface area contributed by atoms with Gasteiger partial charge in [0.25, 0.3) is 5.91 Å². The van der Waals surface area contributed by atoms with E-state index in [2.05, 4.69) is 22.3 Å². The van der Waals surface area contributed by atoms with E-state index in [1.165, 1.54) is 24.8 Å². The standard InChI is InChI=1S/C26H26Cl2N2O2/c27-23-7-3-2-6-21(23)18-32-25-16-20(10-13-24(25)28)26(31)29-22-11-8-19(9-12-22)17-30-14-4-1-5-15-30/h2-3,6-13,16H,1,4-5,14-15,17-18H2,(H,29,31). The van der Waals surface area contributed by atoms with E-state index in [0.717, 1.165) is 30.9 Å². The molecule has 1 aliphatic rings. The first-order chi connectivity index (χ1) is 15.6. The van der Waals surface area contributed by atoms with Crippen LogP contribution in [0.1, 0.15) is 40.7 Å². The number of carbonyl (C=O) groups excluding carboxylic acids is 1. The average Bonchev–Trinajstić information content (AvgIpc) is 2.81. The van der Waals surface area contributed by atoms with Crippen molar-refractivity contribution in [3.05, 3.63) is 93.5 Å². The average molecular weight is 469 g/mol. The van der Waals surface area contributed by atoms with Gasteiger partial charge in [-0.05, 0) is 67.9 Å². The number of amides is 1. The van der Waals surface area contributed by atoms with Crippen LogP contribution in [0.5, 0.6) is 5.75 Å². The van der Waals surface area contributed by atoms with Crippen molar-refractivity contribution in [2.75, 3.05) is 18.4 Å². The zero-order valence-corrected chi connectivity index (χ0v) is 19.3. The minimum Gasteiger partial charge on any atom is -0.487 e. The van der Waals surface area contributed by atoms with Crippen LogP contribution in [0.2, 0.25) is 10.0 Å². The predicted molar refractivity (Wildman–Crippen MR) is 131 cm³/mol. The van der Waals surface area contributed by atoms with E-state index in [0.29, 0.717) is 21.4 Å². The Bertz CT molecular complexity index is 1060. The molecule has 0 atom stereocenters. The van der Waals surface area contributed by atoms with Gasteiger partial charge in [-0.3, -0.25) is 9.69 Å². The van der Waals surface area contributed by atoms with Gasteiger partial charge in [0.2, 0.25) is 0 Å². The van der Waals surface area contributed by atoms with Crippen molar-refractivity contribution in [1.29, 1.82) is 0 Å². The lowest BCUT2D eigenvalue weighted by Crippen LogP contribution is -2.29. The van der Waals surface area contributed by atoms with Crippen molar-refractivity contribution in [1.82, 2.24) is 4.90 Å². The van der Waals surface area contributed by atoms with Crippen LogP contribution in [0, 0.1) is 0 Å². The monoisotopic (exact) mass is 468 g/mol. The number of likely N-dealkylation sites (tertiary alicyclic amines) is 1. The zero-order chi connectivity index (χ0) is 22.3. The summed E-state index contributed by atoms with van der Waals surface area (Å²) in [6.45, 7) is 3.55. The van der Waals surface area contributed by atoms with E-state index in [4.69, 9.17) is 27.9 Å². The van der Waals surface area contributed by atoms with Gasteiger partial charge in [0.1, 0.15) is 12.4 Å². The molecule has 1 heterocycles. The number of halogens is 2. The Morgan fingerprint density at radius 3 is 2.41 bits per heavy atom. The molecule has 3 aromatic rings. The quantitative estimate of drug-likeness (QED) is 0.413. The summed E-state index contributed by atoms with van der Waals surface area (Å²) >= 11 is 12.5. The normalized spacial score (nSPS) is 14.2. The predicted octanol–water partition coefficient (Wildman–Crippen LogP) is 6.81. The zero-order valence-electron chi connectivity index (χ0n) is 17.8. The molecule has 32 heavy (non-hydrogen) atoms. The van der Waals surface area contributed by atoms with Crippen LogP contribution < -0.4 is 10.1 Å². The molecule has 1 N–H and O–H groups in total. The molecule has 0 aliphatic carbocycles. The molecule has 0 spiro atoms. The number of hydrogen-bond donors (Lipinski definition) is 1. The maximum atomic E-state index is 12.8. The second kappa shape index (κ2) is 10.9. The summed E-state index contributed by atoms with van der Waals surface area (Å²) in [5.74, 6) is 0.226. The second-order valence-corrected chi connectivity index (χ2v) is 8.83. The number of piperidine rings is 1. The Labute approximate surface area is 199 Å². The fourth-order valence-electron chi connectivity index (χ4n) is 3.80. The molecular weight excluding hydrogens is 443 g/mol. The molecule has 0 saturated carbocycles. The van der Waals surface area contributed by atoms with Gasteiger partial charge in [-0.25, -0.2) is 0 Å². The fraction of sp³-hybridized carbons (Fsp3) is 0.269. The third kappa shape index (κ3) is 6.04. The maximum Gasteiger partial charge on any atom is 0.255 e.